The van der Waals surface area contributed by atoms with Crippen LogP contribution in [0.25, 0.3) is 0 Å². The van der Waals surface area contributed by atoms with Crippen molar-refractivity contribution in [3.63, 3.8) is 0 Å². The molecule has 1 aliphatic rings. The average molecular weight is 305 g/mol. The molecule has 6 heteroatoms. The van der Waals surface area contributed by atoms with Gasteiger partial charge >= 0.3 is 5.97 Å². The third-order valence-corrected chi connectivity index (χ3v) is 3.81. The van der Waals surface area contributed by atoms with Crippen molar-refractivity contribution in [1.82, 2.24) is 4.90 Å². The first kappa shape index (κ1) is 16.0. The Morgan fingerprint density at radius 3 is 2.41 bits per heavy atom. The minimum absolute atomic E-state index is 0.152. The Balaban J connectivity index is 2.07. The largest absolute Gasteiger partial charge is 0.497 e. The van der Waals surface area contributed by atoms with Crippen molar-refractivity contribution in [2.75, 3.05) is 27.3 Å². The second kappa shape index (κ2) is 7.06. The molecule has 1 saturated heterocycles. The number of nitrogens with zero attached hydrogens (tertiary/aromatic N) is 1. The number of likely N-dealkylation sites (tertiary alicyclic amines) is 1. The summed E-state index contributed by atoms with van der Waals surface area (Å²) < 4.78 is 9.70. The molecule has 1 amide bonds. The molecule has 0 bridgehead atoms. The summed E-state index contributed by atoms with van der Waals surface area (Å²) in [5, 5.41) is 0. The zero-order chi connectivity index (χ0) is 16.1. The lowest BCUT2D eigenvalue weighted by Crippen LogP contribution is -2.32. The fourth-order valence-electron chi connectivity index (χ4n) is 2.49. The molecule has 1 fully saturated rings. The third-order valence-electron chi connectivity index (χ3n) is 3.81. The number of carbonyl (C=O) groups excluding carboxylic acids is 3. The molecule has 1 aliphatic heterocycles. The molecular formula is C16H19NO5. The quantitative estimate of drug-likeness (QED) is 0.621. The summed E-state index contributed by atoms with van der Waals surface area (Å²) in [6.45, 7) is 0.674. The van der Waals surface area contributed by atoms with E-state index < -0.39 is 11.9 Å². The third kappa shape index (κ3) is 3.44. The Morgan fingerprint density at radius 2 is 1.82 bits per heavy atom. The lowest BCUT2D eigenvalue weighted by molar-refractivity contribution is -0.149. The SMILES string of the molecule is COC(=O)C1CCN(C(=O)c2ccc(OC)cc2)CCC1=O. The number of benzene rings is 1. The van der Waals surface area contributed by atoms with Gasteiger partial charge in [0.2, 0.25) is 0 Å². The van der Waals surface area contributed by atoms with Crippen LogP contribution in [0.3, 0.4) is 0 Å². The maximum atomic E-state index is 12.5. The van der Waals surface area contributed by atoms with Gasteiger partial charge in [-0.15, -0.1) is 0 Å². The summed E-state index contributed by atoms with van der Waals surface area (Å²) in [5.74, 6) is -0.936. The number of ether oxygens (including phenoxy) is 2. The van der Waals surface area contributed by atoms with Crippen LogP contribution in [0.15, 0.2) is 24.3 Å². The summed E-state index contributed by atoms with van der Waals surface area (Å²) in [6, 6.07) is 6.80. The van der Waals surface area contributed by atoms with Gasteiger partial charge in [-0.25, -0.2) is 0 Å². The first-order chi connectivity index (χ1) is 10.6. The molecule has 118 valence electrons. The van der Waals surface area contributed by atoms with Crippen LogP contribution in [-0.4, -0.2) is 49.9 Å². The molecule has 0 N–H and O–H groups in total. The standard InChI is InChI=1S/C16H19NO5/c1-21-12-5-3-11(4-6-12)15(19)17-9-7-13(16(20)22-2)14(18)8-10-17/h3-6,13H,7-10H2,1-2H3. The van der Waals surface area contributed by atoms with Crippen LogP contribution in [0.1, 0.15) is 23.2 Å². The van der Waals surface area contributed by atoms with Crippen LogP contribution in [-0.2, 0) is 14.3 Å². The molecule has 22 heavy (non-hydrogen) atoms. The molecule has 6 nitrogen and oxygen atoms in total. The van der Waals surface area contributed by atoms with Crippen molar-refractivity contribution in [2.45, 2.75) is 12.8 Å². The highest BCUT2D eigenvalue weighted by Gasteiger charge is 2.32. The zero-order valence-electron chi connectivity index (χ0n) is 12.7. The molecule has 1 heterocycles. The number of rotatable bonds is 3. The Hall–Kier alpha value is -2.37. The Bertz CT molecular complexity index is 566. The average Bonchev–Trinajstić information content (AvgIpc) is 2.75. The first-order valence-electron chi connectivity index (χ1n) is 7.10. The highest BCUT2D eigenvalue weighted by molar-refractivity contribution is 6.00. The van der Waals surface area contributed by atoms with E-state index >= 15 is 0 Å². The van der Waals surface area contributed by atoms with E-state index in [0.717, 1.165) is 0 Å². The molecular weight excluding hydrogens is 286 g/mol. The molecule has 1 unspecified atom stereocenters. The zero-order valence-corrected chi connectivity index (χ0v) is 12.7. The number of hydrogen-bond acceptors (Lipinski definition) is 5. The molecule has 0 radical (unpaired) electrons. The number of Topliss-reactive ketones (excluding diaryl/α,β-unsaturated/α-hetero) is 1. The predicted molar refractivity (Wildman–Crippen MR) is 78.6 cm³/mol. The number of ketones is 1. The maximum Gasteiger partial charge on any atom is 0.316 e. The van der Waals surface area contributed by atoms with E-state index in [4.69, 9.17) is 4.74 Å². The summed E-state index contributed by atoms with van der Waals surface area (Å²) in [4.78, 5) is 37.6. The summed E-state index contributed by atoms with van der Waals surface area (Å²) >= 11 is 0. The monoisotopic (exact) mass is 305 g/mol. The first-order valence-corrected chi connectivity index (χ1v) is 7.10. The highest BCUT2D eigenvalue weighted by atomic mass is 16.5. The second-order valence-corrected chi connectivity index (χ2v) is 5.10. The van der Waals surface area contributed by atoms with Crippen LogP contribution < -0.4 is 4.74 Å². The van der Waals surface area contributed by atoms with Gasteiger partial charge in [0.1, 0.15) is 17.5 Å². The van der Waals surface area contributed by atoms with Crippen molar-refractivity contribution in [1.29, 1.82) is 0 Å². The van der Waals surface area contributed by atoms with Gasteiger partial charge in [-0.05, 0) is 30.7 Å². The van der Waals surface area contributed by atoms with Gasteiger partial charge < -0.3 is 14.4 Å². The highest BCUT2D eigenvalue weighted by Crippen LogP contribution is 2.19. The normalized spacial score (nSPS) is 18.5. The van der Waals surface area contributed by atoms with E-state index in [9.17, 15) is 14.4 Å². The molecule has 1 atom stereocenters. The van der Waals surface area contributed by atoms with E-state index in [0.29, 0.717) is 30.8 Å². The second-order valence-electron chi connectivity index (χ2n) is 5.10. The van der Waals surface area contributed by atoms with Gasteiger partial charge in [-0.1, -0.05) is 0 Å². The van der Waals surface area contributed by atoms with Crippen molar-refractivity contribution in [3.05, 3.63) is 29.8 Å². The van der Waals surface area contributed by atoms with Crippen LogP contribution in [0.5, 0.6) is 5.75 Å². The van der Waals surface area contributed by atoms with Gasteiger partial charge in [-0.2, -0.15) is 0 Å². The van der Waals surface area contributed by atoms with Crippen molar-refractivity contribution >= 4 is 17.7 Å². The van der Waals surface area contributed by atoms with Gasteiger partial charge in [-0.3, -0.25) is 14.4 Å². The van der Waals surface area contributed by atoms with Crippen LogP contribution >= 0.6 is 0 Å². The van der Waals surface area contributed by atoms with Crippen LogP contribution in [0, 0.1) is 5.92 Å². The number of carbonyl (C=O) groups is 3. The fraction of sp³-hybridized carbons (Fsp3) is 0.438. The Labute approximate surface area is 129 Å². The summed E-state index contributed by atoms with van der Waals surface area (Å²) in [5.41, 5.74) is 0.532. The van der Waals surface area contributed by atoms with Crippen LogP contribution in [0.2, 0.25) is 0 Å². The molecule has 1 aromatic carbocycles. The van der Waals surface area contributed by atoms with Crippen LogP contribution in [0.4, 0.5) is 0 Å². The molecule has 2 rings (SSSR count). The fourth-order valence-corrected chi connectivity index (χ4v) is 2.49. The van der Waals surface area contributed by atoms with E-state index in [1.807, 2.05) is 0 Å². The van der Waals surface area contributed by atoms with Crippen molar-refractivity contribution < 1.29 is 23.9 Å². The predicted octanol–water partition coefficient (Wildman–Crippen LogP) is 1.29. The summed E-state index contributed by atoms with van der Waals surface area (Å²) in [6.07, 6.45) is 0.467. The lowest BCUT2D eigenvalue weighted by atomic mass is 10.00. The van der Waals surface area contributed by atoms with Crippen molar-refractivity contribution in [2.24, 2.45) is 5.92 Å². The molecule has 0 spiro atoms. The van der Waals surface area contributed by atoms with Gasteiger partial charge in [0.15, 0.2) is 0 Å². The van der Waals surface area contributed by atoms with E-state index in [1.54, 1.807) is 36.3 Å². The van der Waals surface area contributed by atoms with Crippen molar-refractivity contribution in [3.8, 4) is 5.75 Å². The minimum atomic E-state index is -0.765. The van der Waals surface area contributed by atoms with E-state index in [1.165, 1.54) is 7.11 Å². The number of methoxy groups -OCH3 is 2. The number of amides is 1. The molecule has 0 aromatic heterocycles. The van der Waals surface area contributed by atoms with E-state index in [2.05, 4.69) is 4.74 Å². The topological polar surface area (TPSA) is 72.9 Å². The lowest BCUT2D eigenvalue weighted by Gasteiger charge is -2.20. The molecule has 0 saturated carbocycles. The van der Waals surface area contributed by atoms with E-state index in [-0.39, 0.29) is 18.1 Å². The van der Waals surface area contributed by atoms with Gasteiger partial charge in [0.25, 0.3) is 5.91 Å². The molecule has 0 aliphatic carbocycles. The summed E-state index contributed by atoms with van der Waals surface area (Å²) in [7, 11) is 2.82. The minimum Gasteiger partial charge on any atom is -0.497 e. The van der Waals surface area contributed by atoms with Gasteiger partial charge in [0, 0.05) is 25.1 Å². The Morgan fingerprint density at radius 1 is 1.14 bits per heavy atom. The number of esters is 1. The number of hydrogen-bond donors (Lipinski definition) is 0. The smallest absolute Gasteiger partial charge is 0.316 e. The van der Waals surface area contributed by atoms with Gasteiger partial charge in [0.05, 0.1) is 14.2 Å². The molecule has 1 aromatic rings. The Kier molecular flexibility index (Phi) is 5.14. The maximum absolute atomic E-state index is 12.5.